The second-order valence-corrected chi connectivity index (χ2v) is 10.1. The average molecular weight is 508 g/mol. The third kappa shape index (κ3) is 6.23. The quantitative estimate of drug-likeness (QED) is 0.240. The highest BCUT2D eigenvalue weighted by atomic mass is 32.1. The van der Waals surface area contributed by atoms with Gasteiger partial charge in [-0.1, -0.05) is 57.4 Å². The first kappa shape index (κ1) is 25.7. The Morgan fingerprint density at radius 3 is 2.53 bits per heavy atom. The Labute approximate surface area is 215 Å². The number of aromatic nitrogens is 3. The molecule has 0 saturated carbocycles. The normalized spacial score (nSPS) is 12.0. The third-order valence-electron chi connectivity index (χ3n) is 5.62. The number of ether oxygens (including phenoxy) is 3. The molecule has 0 N–H and O–H groups in total. The summed E-state index contributed by atoms with van der Waals surface area (Å²) in [6, 6.07) is 13.3. The van der Waals surface area contributed by atoms with Crippen molar-refractivity contribution in [3.63, 3.8) is 0 Å². The Morgan fingerprint density at radius 1 is 1.03 bits per heavy atom. The molecule has 0 spiro atoms. The Kier molecular flexibility index (Phi) is 8.59. The van der Waals surface area contributed by atoms with Crippen LogP contribution >= 0.6 is 11.3 Å². The van der Waals surface area contributed by atoms with Gasteiger partial charge in [-0.05, 0) is 60.4 Å². The lowest BCUT2D eigenvalue weighted by Gasteiger charge is -2.12. The van der Waals surface area contributed by atoms with Gasteiger partial charge in [-0.2, -0.15) is 9.50 Å². The van der Waals surface area contributed by atoms with Crippen LogP contribution in [-0.2, 0) is 0 Å². The fourth-order valence-corrected chi connectivity index (χ4v) is 4.58. The first-order valence-corrected chi connectivity index (χ1v) is 13.3. The summed E-state index contributed by atoms with van der Waals surface area (Å²) in [5.74, 6) is 3.08. The molecule has 2 aromatic heterocycles. The van der Waals surface area contributed by atoms with Gasteiger partial charge in [-0.15, -0.1) is 5.10 Å². The van der Waals surface area contributed by atoms with Crippen LogP contribution in [0.1, 0.15) is 52.0 Å². The van der Waals surface area contributed by atoms with Crippen LogP contribution in [0.15, 0.2) is 47.3 Å². The Bertz CT molecular complexity index is 1390. The van der Waals surface area contributed by atoms with E-state index >= 15 is 0 Å². The SMILES string of the molecule is CCCCCCOc1ccc(-c2nc3s/c(=C/c4ccc(OCC(C)C)c(OC)c4)c(=O)n3n2)cc1. The molecular weight excluding hydrogens is 474 g/mol. The second kappa shape index (κ2) is 12.0. The standard InChI is InChI=1S/C28H33N3O4S/c1-5-6-7-8-15-34-22-12-10-21(11-13-22)26-29-28-31(30-26)27(32)25(36-28)17-20-9-14-23(24(16-20)33-4)35-18-19(2)3/h9-14,16-17,19H,5-8,15,18H2,1-4H3/b25-17+. The minimum absolute atomic E-state index is 0.195. The lowest BCUT2D eigenvalue weighted by Crippen LogP contribution is -2.23. The molecule has 2 heterocycles. The lowest BCUT2D eigenvalue weighted by atomic mass is 10.2. The maximum Gasteiger partial charge on any atom is 0.291 e. The molecule has 0 fully saturated rings. The monoisotopic (exact) mass is 507 g/mol. The highest BCUT2D eigenvalue weighted by Crippen LogP contribution is 2.29. The number of fused-ring (bicyclic) bond motifs is 1. The van der Waals surface area contributed by atoms with E-state index in [0.29, 0.717) is 39.3 Å². The van der Waals surface area contributed by atoms with E-state index in [-0.39, 0.29) is 5.56 Å². The van der Waals surface area contributed by atoms with E-state index < -0.39 is 0 Å². The molecule has 36 heavy (non-hydrogen) atoms. The number of unbranched alkanes of at least 4 members (excludes halogenated alkanes) is 3. The van der Waals surface area contributed by atoms with Crippen LogP contribution in [0.2, 0.25) is 0 Å². The molecule has 0 amide bonds. The molecule has 0 aliphatic carbocycles. The van der Waals surface area contributed by atoms with E-state index in [1.807, 2.05) is 48.5 Å². The van der Waals surface area contributed by atoms with Gasteiger partial charge in [0.15, 0.2) is 17.3 Å². The second-order valence-electron chi connectivity index (χ2n) is 9.09. The number of rotatable bonds is 12. The fraction of sp³-hybridized carbons (Fsp3) is 0.393. The van der Waals surface area contributed by atoms with Gasteiger partial charge < -0.3 is 14.2 Å². The summed E-state index contributed by atoms with van der Waals surface area (Å²) in [7, 11) is 1.61. The van der Waals surface area contributed by atoms with Gasteiger partial charge >= 0.3 is 0 Å². The molecule has 8 heteroatoms. The minimum atomic E-state index is -0.195. The summed E-state index contributed by atoms with van der Waals surface area (Å²) in [4.78, 5) is 18.1. The molecule has 4 aromatic rings. The highest BCUT2D eigenvalue weighted by Gasteiger charge is 2.13. The van der Waals surface area contributed by atoms with Gasteiger partial charge in [0.1, 0.15) is 5.75 Å². The molecule has 0 bridgehead atoms. The van der Waals surface area contributed by atoms with Crippen molar-refractivity contribution in [2.75, 3.05) is 20.3 Å². The van der Waals surface area contributed by atoms with Gasteiger partial charge in [0.25, 0.3) is 5.56 Å². The van der Waals surface area contributed by atoms with Crippen LogP contribution in [0.25, 0.3) is 22.4 Å². The smallest absolute Gasteiger partial charge is 0.291 e. The van der Waals surface area contributed by atoms with E-state index in [9.17, 15) is 4.79 Å². The summed E-state index contributed by atoms with van der Waals surface area (Å²) in [5.41, 5.74) is 1.49. The van der Waals surface area contributed by atoms with Crippen LogP contribution in [0.5, 0.6) is 17.2 Å². The average Bonchev–Trinajstić information content (AvgIpc) is 3.42. The number of thiazole rings is 1. The summed E-state index contributed by atoms with van der Waals surface area (Å²) in [6.45, 7) is 7.71. The molecule has 190 valence electrons. The lowest BCUT2D eigenvalue weighted by molar-refractivity contribution is 0.257. The molecule has 0 aliphatic rings. The van der Waals surface area contributed by atoms with Crippen LogP contribution < -0.4 is 24.3 Å². The predicted octanol–water partition coefficient (Wildman–Crippen LogP) is 5.37. The molecule has 7 nitrogen and oxygen atoms in total. The van der Waals surface area contributed by atoms with E-state index in [4.69, 9.17) is 14.2 Å². The Hall–Kier alpha value is -3.39. The van der Waals surface area contributed by atoms with Gasteiger partial charge in [0.2, 0.25) is 4.96 Å². The van der Waals surface area contributed by atoms with Gasteiger partial charge in [0.05, 0.1) is 24.9 Å². The van der Waals surface area contributed by atoms with Crippen molar-refractivity contribution in [1.29, 1.82) is 0 Å². The zero-order valence-corrected chi connectivity index (χ0v) is 22.1. The van der Waals surface area contributed by atoms with Crippen LogP contribution in [0.3, 0.4) is 0 Å². The van der Waals surface area contributed by atoms with Gasteiger partial charge in [0, 0.05) is 5.56 Å². The summed E-state index contributed by atoms with van der Waals surface area (Å²) in [5, 5.41) is 4.46. The van der Waals surface area contributed by atoms with Crippen molar-refractivity contribution in [3.05, 3.63) is 62.9 Å². The first-order chi connectivity index (χ1) is 17.5. The summed E-state index contributed by atoms with van der Waals surface area (Å²) >= 11 is 1.31. The Morgan fingerprint density at radius 2 is 1.83 bits per heavy atom. The molecule has 0 saturated heterocycles. The number of benzene rings is 2. The highest BCUT2D eigenvalue weighted by molar-refractivity contribution is 7.15. The Balaban J connectivity index is 1.50. The molecule has 4 rings (SSSR count). The first-order valence-electron chi connectivity index (χ1n) is 12.4. The number of hydrogen-bond acceptors (Lipinski definition) is 7. The van der Waals surface area contributed by atoms with Crippen LogP contribution in [0.4, 0.5) is 0 Å². The van der Waals surface area contributed by atoms with Crippen LogP contribution in [0, 0.1) is 5.92 Å². The minimum Gasteiger partial charge on any atom is -0.494 e. The molecule has 2 aromatic carbocycles. The third-order valence-corrected chi connectivity index (χ3v) is 6.58. The van der Waals surface area contributed by atoms with E-state index in [1.165, 1.54) is 35.1 Å². The van der Waals surface area contributed by atoms with E-state index in [0.717, 1.165) is 29.9 Å². The largest absolute Gasteiger partial charge is 0.494 e. The maximum atomic E-state index is 13.0. The van der Waals surface area contributed by atoms with Crippen molar-refractivity contribution in [3.8, 4) is 28.6 Å². The van der Waals surface area contributed by atoms with Crippen molar-refractivity contribution in [2.24, 2.45) is 5.92 Å². The topological polar surface area (TPSA) is 75.0 Å². The number of nitrogens with zero attached hydrogens (tertiary/aromatic N) is 3. The number of hydrogen-bond donors (Lipinski definition) is 0. The van der Waals surface area contributed by atoms with Gasteiger partial charge in [-0.25, -0.2) is 0 Å². The molecule has 0 unspecified atom stereocenters. The maximum absolute atomic E-state index is 13.0. The van der Waals surface area contributed by atoms with E-state index in [2.05, 4.69) is 30.9 Å². The summed E-state index contributed by atoms with van der Waals surface area (Å²) in [6.07, 6.45) is 6.52. The molecule has 0 atom stereocenters. The van der Waals surface area contributed by atoms with Crippen molar-refractivity contribution in [1.82, 2.24) is 14.6 Å². The van der Waals surface area contributed by atoms with Crippen molar-refractivity contribution in [2.45, 2.75) is 46.5 Å². The number of methoxy groups -OCH3 is 1. The summed E-state index contributed by atoms with van der Waals surface area (Å²) < 4.78 is 19.0. The fourth-order valence-electron chi connectivity index (χ4n) is 3.68. The zero-order valence-electron chi connectivity index (χ0n) is 21.3. The molecule has 0 aliphatic heterocycles. The van der Waals surface area contributed by atoms with Crippen molar-refractivity contribution >= 4 is 22.4 Å². The van der Waals surface area contributed by atoms with E-state index in [1.54, 1.807) is 7.11 Å². The zero-order chi connectivity index (χ0) is 25.5. The van der Waals surface area contributed by atoms with Crippen LogP contribution in [-0.4, -0.2) is 34.9 Å². The molecule has 0 radical (unpaired) electrons. The predicted molar refractivity (Wildman–Crippen MR) is 144 cm³/mol. The van der Waals surface area contributed by atoms with Gasteiger partial charge in [-0.3, -0.25) is 4.79 Å². The molecular formula is C28H33N3O4S. The van der Waals surface area contributed by atoms with Crippen molar-refractivity contribution < 1.29 is 14.2 Å².